The van der Waals surface area contributed by atoms with Gasteiger partial charge in [-0.2, -0.15) is 4.98 Å². The van der Waals surface area contributed by atoms with Gasteiger partial charge >= 0.3 is 6.01 Å². The van der Waals surface area contributed by atoms with Crippen LogP contribution in [-0.4, -0.2) is 49.8 Å². The van der Waals surface area contributed by atoms with E-state index in [2.05, 4.69) is 30.3 Å². The predicted octanol–water partition coefficient (Wildman–Crippen LogP) is 5.33. The van der Waals surface area contributed by atoms with Gasteiger partial charge in [-0.05, 0) is 49.7 Å². The van der Waals surface area contributed by atoms with Crippen LogP contribution in [0, 0.1) is 30.5 Å². The predicted molar refractivity (Wildman–Crippen MR) is 132 cm³/mol. The maximum atomic E-state index is 13.9. The Morgan fingerprint density at radius 1 is 1.11 bits per heavy atom. The number of fused-ring (bicyclic) bond motifs is 2. The summed E-state index contributed by atoms with van der Waals surface area (Å²) in [4.78, 5) is 15.5. The molecule has 1 unspecified atom stereocenters. The van der Waals surface area contributed by atoms with Gasteiger partial charge in [-0.1, -0.05) is 11.6 Å². The lowest BCUT2D eigenvalue weighted by atomic mass is 9.81. The molecule has 1 aliphatic heterocycles. The summed E-state index contributed by atoms with van der Waals surface area (Å²) < 4.78 is 48.1. The first-order valence-electron chi connectivity index (χ1n) is 12.5. The number of ether oxygens (including phenoxy) is 1. The van der Waals surface area contributed by atoms with Gasteiger partial charge in [0.2, 0.25) is 11.9 Å². The lowest BCUT2D eigenvalue weighted by Gasteiger charge is -2.38. The van der Waals surface area contributed by atoms with Crippen molar-refractivity contribution in [3.05, 3.63) is 47.1 Å². The zero-order valence-corrected chi connectivity index (χ0v) is 21.0. The molecule has 3 heterocycles. The number of piperidine rings is 1. The summed E-state index contributed by atoms with van der Waals surface area (Å²) in [7, 11) is 0. The van der Waals surface area contributed by atoms with Crippen LogP contribution in [0.2, 0.25) is 5.02 Å². The molecular weight excluding hydrogens is 507 g/mol. The Morgan fingerprint density at radius 2 is 1.86 bits per heavy atom. The molecule has 3 aliphatic rings. The van der Waals surface area contributed by atoms with E-state index in [1.807, 2.05) is 13.0 Å². The molecule has 0 radical (unpaired) electrons. The van der Waals surface area contributed by atoms with Crippen LogP contribution in [0.5, 0.6) is 11.8 Å². The number of benzene rings is 1. The summed E-state index contributed by atoms with van der Waals surface area (Å²) in [5.74, 6) is -1.21. The highest BCUT2D eigenvalue weighted by Gasteiger charge is 2.46. The third-order valence-electron chi connectivity index (χ3n) is 7.53. The van der Waals surface area contributed by atoms with E-state index in [-0.39, 0.29) is 48.1 Å². The molecule has 8 nitrogen and oxygen atoms in total. The zero-order chi connectivity index (χ0) is 25.7. The van der Waals surface area contributed by atoms with E-state index in [9.17, 15) is 13.2 Å². The second kappa shape index (κ2) is 9.34. The first-order valence-corrected chi connectivity index (χ1v) is 12.9. The van der Waals surface area contributed by atoms with Gasteiger partial charge < -0.3 is 15.0 Å². The van der Waals surface area contributed by atoms with Crippen molar-refractivity contribution in [2.45, 2.75) is 51.1 Å². The molecule has 2 aliphatic carbocycles. The van der Waals surface area contributed by atoms with E-state index in [1.165, 1.54) is 22.9 Å². The number of anilines is 2. The Labute approximate surface area is 217 Å². The van der Waals surface area contributed by atoms with Crippen LogP contribution < -0.4 is 15.0 Å². The topological polar surface area (TPSA) is 81.0 Å². The van der Waals surface area contributed by atoms with Gasteiger partial charge in [-0.3, -0.25) is 0 Å². The molecule has 0 amide bonds. The van der Waals surface area contributed by atoms with E-state index < -0.39 is 11.7 Å². The molecule has 196 valence electrons. The highest BCUT2D eigenvalue weighted by atomic mass is 35.5. The molecule has 1 N–H and O–H groups in total. The van der Waals surface area contributed by atoms with Crippen molar-refractivity contribution in [3.63, 3.8) is 0 Å². The van der Waals surface area contributed by atoms with E-state index in [0.717, 1.165) is 37.4 Å². The molecule has 3 fully saturated rings. The van der Waals surface area contributed by atoms with Gasteiger partial charge in [0.25, 0.3) is 0 Å². The number of halogens is 4. The van der Waals surface area contributed by atoms with Gasteiger partial charge in [0, 0.05) is 61.4 Å². The molecule has 3 atom stereocenters. The monoisotopic (exact) mass is 533 g/mol. The van der Waals surface area contributed by atoms with Gasteiger partial charge in [0.15, 0.2) is 0 Å². The SMILES string of the molecule is Cc1cc(N2C[C@H]3CC[C@@H](C2)C3Nc2nc(Oc3cc(F)cc(Cl)c3)n(CC3CC(F)(F)C3)n2)ncn1. The first kappa shape index (κ1) is 24.3. The van der Waals surface area contributed by atoms with E-state index in [4.69, 9.17) is 16.3 Å². The van der Waals surface area contributed by atoms with Crippen molar-refractivity contribution in [2.75, 3.05) is 23.3 Å². The molecule has 1 aromatic carbocycles. The highest BCUT2D eigenvalue weighted by molar-refractivity contribution is 6.30. The Kier molecular flexibility index (Phi) is 6.13. The average Bonchev–Trinajstić information content (AvgIpc) is 3.26. The molecule has 6 rings (SSSR count). The van der Waals surface area contributed by atoms with Crippen LogP contribution in [0.3, 0.4) is 0 Å². The van der Waals surface area contributed by atoms with Crippen molar-refractivity contribution in [2.24, 2.45) is 17.8 Å². The number of nitrogens with one attached hydrogen (secondary N) is 1. The van der Waals surface area contributed by atoms with Crippen molar-refractivity contribution in [1.29, 1.82) is 0 Å². The Hall–Kier alpha value is -3.08. The Balaban J connectivity index is 1.20. The number of hydrogen-bond donors (Lipinski definition) is 1. The molecule has 12 heteroatoms. The number of nitrogens with zero attached hydrogens (tertiary/aromatic N) is 6. The van der Waals surface area contributed by atoms with Crippen LogP contribution in [0.25, 0.3) is 0 Å². The summed E-state index contributed by atoms with van der Waals surface area (Å²) in [6.07, 6.45) is 3.34. The fourth-order valence-electron chi connectivity index (χ4n) is 5.84. The lowest BCUT2D eigenvalue weighted by Crippen LogP contribution is -2.48. The number of alkyl halides is 2. The number of aromatic nitrogens is 5. The highest BCUT2D eigenvalue weighted by Crippen LogP contribution is 2.44. The van der Waals surface area contributed by atoms with E-state index >= 15 is 0 Å². The molecular formula is C25H27ClF3N7O. The average molecular weight is 534 g/mol. The fraction of sp³-hybridized carbons (Fsp3) is 0.520. The third-order valence-corrected chi connectivity index (χ3v) is 7.75. The molecule has 2 bridgehead atoms. The maximum Gasteiger partial charge on any atom is 0.322 e. The minimum absolute atomic E-state index is 0.112. The summed E-state index contributed by atoms with van der Waals surface area (Å²) in [6.45, 7) is 3.90. The summed E-state index contributed by atoms with van der Waals surface area (Å²) in [5.41, 5.74) is 0.934. The minimum Gasteiger partial charge on any atom is -0.424 e. The molecule has 3 aromatic rings. The second-order valence-corrected chi connectivity index (χ2v) is 10.9. The number of hydrogen-bond acceptors (Lipinski definition) is 7. The quantitative estimate of drug-likeness (QED) is 0.439. The van der Waals surface area contributed by atoms with Crippen molar-refractivity contribution < 1.29 is 17.9 Å². The lowest BCUT2D eigenvalue weighted by molar-refractivity contribution is -0.115. The maximum absolute atomic E-state index is 13.9. The summed E-state index contributed by atoms with van der Waals surface area (Å²) in [5, 5.41) is 8.24. The standard InChI is InChI=1S/C25H27ClF3N7O/c1-14-4-21(31-13-30-14)35-11-16-2-3-17(12-35)22(16)32-23-33-24(37-20-6-18(26)5-19(27)7-20)36(34-23)10-15-8-25(28,29)9-15/h4-7,13,15-17,22H,2-3,8-12H2,1H3,(H,32,34)/t16-,17+,22?. The second-order valence-electron chi connectivity index (χ2n) is 10.4. The van der Waals surface area contributed by atoms with E-state index in [0.29, 0.717) is 17.8 Å². The van der Waals surface area contributed by atoms with Crippen LogP contribution in [0.4, 0.5) is 24.9 Å². The molecule has 37 heavy (non-hydrogen) atoms. The Bertz CT molecular complexity index is 1260. The molecule has 1 saturated heterocycles. The normalized spacial score (nSPS) is 24.7. The number of aryl methyl sites for hydroxylation is 1. The van der Waals surface area contributed by atoms with Crippen LogP contribution in [0.1, 0.15) is 31.4 Å². The van der Waals surface area contributed by atoms with Crippen molar-refractivity contribution in [1.82, 2.24) is 24.7 Å². The summed E-state index contributed by atoms with van der Waals surface area (Å²) >= 11 is 5.97. The third kappa shape index (κ3) is 5.18. The molecule has 0 spiro atoms. The molecule has 2 saturated carbocycles. The fourth-order valence-corrected chi connectivity index (χ4v) is 6.05. The van der Waals surface area contributed by atoms with Gasteiger partial charge in [-0.25, -0.2) is 27.8 Å². The number of rotatable bonds is 7. The Morgan fingerprint density at radius 3 is 2.54 bits per heavy atom. The van der Waals surface area contributed by atoms with Crippen molar-refractivity contribution in [3.8, 4) is 11.8 Å². The zero-order valence-electron chi connectivity index (χ0n) is 20.2. The van der Waals surface area contributed by atoms with Gasteiger partial charge in [0.05, 0.1) is 0 Å². The van der Waals surface area contributed by atoms with Crippen LogP contribution in [-0.2, 0) is 6.54 Å². The van der Waals surface area contributed by atoms with E-state index in [1.54, 1.807) is 6.33 Å². The van der Waals surface area contributed by atoms with Crippen LogP contribution >= 0.6 is 11.6 Å². The largest absolute Gasteiger partial charge is 0.424 e. The van der Waals surface area contributed by atoms with Crippen LogP contribution in [0.15, 0.2) is 30.6 Å². The van der Waals surface area contributed by atoms with Crippen molar-refractivity contribution >= 4 is 23.4 Å². The smallest absolute Gasteiger partial charge is 0.322 e. The minimum atomic E-state index is -2.64. The molecule has 2 aromatic heterocycles. The summed E-state index contributed by atoms with van der Waals surface area (Å²) in [6, 6.07) is 6.12. The van der Waals surface area contributed by atoms with Gasteiger partial charge in [-0.15, -0.1) is 5.10 Å². The van der Waals surface area contributed by atoms with Gasteiger partial charge in [0.1, 0.15) is 23.7 Å². The first-order chi connectivity index (χ1) is 17.7.